The first-order valence-corrected chi connectivity index (χ1v) is 7.14. The summed E-state index contributed by atoms with van der Waals surface area (Å²) in [5, 5.41) is 0. The number of allylic oxidation sites excluding steroid dienone is 3. The van der Waals surface area contributed by atoms with Gasteiger partial charge in [-0.3, -0.25) is 4.79 Å². The van der Waals surface area contributed by atoms with Crippen molar-refractivity contribution in [2.75, 3.05) is 6.61 Å². The fraction of sp³-hybridized carbons (Fsp3) is 0.389. The molecular weight excluding hydrogens is 248 g/mol. The van der Waals surface area contributed by atoms with Gasteiger partial charge in [0.2, 0.25) is 0 Å². The van der Waals surface area contributed by atoms with E-state index in [-0.39, 0.29) is 5.97 Å². The Labute approximate surface area is 122 Å². The van der Waals surface area contributed by atoms with Crippen LogP contribution in [0.4, 0.5) is 0 Å². The molecule has 1 aromatic carbocycles. The van der Waals surface area contributed by atoms with Crippen molar-refractivity contribution in [2.45, 2.75) is 40.0 Å². The van der Waals surface area contributed by atoms with Crippen LogP contribution in [0.1, 0.15) is 39.2 Å². The van der Waals surface area contributed by atoms with E-state index in [0.29, 0.717) is 13.0 Å². The molecule has 0 aliphatic rings. The van der Waals surface area contributed by atoms with E-state index in [1.807, 2.05) is 30.3 Å². The first-order chi connectivity index (χ1) is 9.61. The summed E-state index contributed by atoms with van der Waals surface area (Å²) in [5.74, 6) is -0.163. The number of ether oxygens (including phenoxy) is 1. The Morgan fingerprint density at radius 2 is 1.75 bits per heavy atom. The molecule has 0 unspecified atom stereocenters. The zero-order valence-electron chi connectivity index (χ0n) is 12.7. The van der Waals surface area contributed by atoms with E-state index in [9.17, 15) is 4.79 Å². The van der Waals surface area contributed by atoms with Gasteiger partial charge in [0, 0.05) is 6.42 Å². The van der Waals surface area contributed by atoms with Crippen LogP contribution in [0.15, 0.2) is 53.6 Å². The molecule has 2 heteroatoms. The number of hydrogen-bond acceptors (Lipinski definition) is 2. The van der Waals surface area contributed by atoms with Crippen LogP contribution in [-0.2, 0) is 16.0 Å². The Hall–Kier alpha value is -1.83. The third-order valence-electron chi connectivity index (χ3n) is 3.16. The molecule has 20 heavy (non-hydrogen) atoms. The van der Waals surface area contributed by atoms with Crippen LogP contribution in [0.5, 0.6) is 0 Å². The van der Waals surface area contributed by atoms with Gasteiger partial charge in [-0.2, -0.15) is 0 Å². The number of hydrogen-bond donors (Lipinski definition) is 0. The van der Waals surface area contributed by atoms with E-state index in [4.69, 9.17) is 4.74 Å². The second-order valence-corrected chi connectivity index (χ2v) is 5.01. The summed E-state index contributed by atoms with van der Waals surface area (Å²) >= 11 is 0. The molecule has 0 aliphatic carbocycles. The highest BCUT2D eigenvalue weighted by Crippen LogP contribution is 2.06. The van der Waals surface area contributed by atoms with Crippen LogP contribution in [0.25, 0.3) is 0 Å². The molecule has 1 aromatic rings. The summed E-state index contributed by atoms with van der Waals surface area (Å²) in [6.45, 7) is 6.77. The van der Waals surface area contributed by atoms with Crippen molar-refractivity contribution < 1.29 is 9.53 Å². The highest BCUT2D eigenvalue weighted by molar-refractivity contribution is 5.72. The van der Waals surface area contributed by atoms with Crippen LogP contribution in [-0.4, -0.2) is 12.6 Å². The van der Waals surface area contributed by atoms with Crippen LogP contribution in [0.3, 0.4) is 0 Å². The van der Waals surface area contributed by atoms with Crippen LogP contribution in [0.2, 0.25) is 0 Å². The standard InChI is InChI=1S/C18H24O2/c1-4-15(2)10-11-16(3)12-13-20-18(19)14-17-8-6-5-7-9-17/h5-11H,4,12-14H2,1-3H3/b15-10+,16-11+. The first kappa shape index (κ1) is 16.2. The summed E-state index contributed by atoms with van der Waals surface area (Å²) in [4.78, 5) is 11.7. The van der Waals surface area contributed by atoms with Crippen molar-refractivity contribution in [1.82, 2.24) is 0 Å². The zero-order valence-corrected chi connectivity index (χ0v) is 12.7. The molecule has 0 aliphatic heterocycles. The second kappa shape index (κ2) is 9.13. The summed E-state index contributed by atoms with van der Waals surface area (Å²) in [7, 11) is 0. The molecular formula is C18H24O2. The van der Waals surface area contributed by atoms with Gasteiger partial charge in [-0.25, -0.2) is 0 Å². The van der Waals surface area contributed by atoms with E-state index in [0.717, 1.165) is 18.4 Å². The normalized spacial score (nSPS) is 12.3. The Morgan fingerprint density at radius 3 is 2.40 bits per heavy atom. The minimum Gasteiger partial charge on any atom is -0.465 e. The summed E-state index contributed by atoms with van der Waals surface area (Å²) in [6, 6.07) is 9.67. The molecule has 0 spiro atoms. The molecule has 0 saturated heterocycles. The number of carbonyl (C=O) groups excluding carboxylic acids is 1. The van der Waals surface area contributed by atoms with Gasteiger partial charge in [0.25, 0.3) is 0 Å². The summed E-state index contributed by atoms with van der Waals surface area (Å²) in [5.41, 5.74) is 3.57. The van der Waals surface area contributed by atoms with Gasteiger partial charge in [-0.15, -0.1) is 0 Å². The molecule has 0 aromatic heterocycles. The Bertz CT molecular complexity index is 469. The number of rotatable bonds is 7. The summed E-state index contributed by atoms with van der Waals surface area (Å²) in [6.07, 6.45) is 6.42. The number of esters is 1. The van der Waals surface area contributed by atoms with Crippen LogP contribution in [0, 0.1) is 0 Å². The Balaban J connectivity index is 2.28. The lowest BCUT2D eigenvalue weighted by molar-refractivity contribution is -0.142. The summed E-state index contributed by atoms with van der Waals surface area (Å²) < 4.78 is 5.25. The SMILES string of the molecule is CC/C(C)=C/C=C(\C)CCOC(=O)Cc1ccccc1. The molecule has 0 N–H and O–H groups in total. The molecule has 1 rings (SSSR count). The maximum Gasteiger partial charge on any atom is 0.310 e. The van der Waals surface area contributed by atoms with Gasteiger partial charge in [-0.1, -0.05) is 60.6 Å². The fourth-order valence-corrected chi connectivity index (χ4v) is 1.63. The van der Waals surface area contributed by atoms with Gasteiger partial charge in [0.1, 0.15) is 0 Å². The van der Waals surface area contributed by atoms with Crippen molar-refractivity contribution in [3.8, 4) is 0 Å². The maximum atomic E-state index is 11.7. The lowest BCUT2D eigenvalue weighted by Crippen LogP contribution is -2.09. The predicted octanol–water partition coefficient (Wildman–Crippen LogP) is 4.47. The Morgan fingerprint density at radius 1 is 1.10 bits per heavy atom. The lowest BCUT2D eigenvalue weighted by atomic mass is 10.1. The number of carbonyl (C=O) groups is 1. The molecule has 2 nitrogen and oxygen atoms in total. The van der Waals surface area contributed by atoms with E-state index in [1.165, 1.54) is 11.1 Å². The molecule has 0 amide bonds. The molecule has 0 bridgehead atoms. The quantitative estimate of drug-likeness (QED) is 0.541. The molecule has 108 valence electrons. The van der Waals surface area contributed by atoms with Crippen molar-refractivity contribution in [3.05, 3.63) is 59.2 Å². The molecule has 0 heterocycles. The smallest absolute Gasteiger partial charge is 0.310 e. The van der Waals surface area contributed by atoms with E-state index >= 15 is 0 Å². The van der Waals surface area contributed by atoms with Gasteiger partial charge >= 0.3 is 5.97 Å². The third-order valence-corrected chi connectivity index (χ3v) is 3.16. The molecule has 0 atom stereocenters. The van der Waals surface area contributed by atoms with E-state index < -0.39 is 0 Å². The number of benzene rings is 1. The van der Waals surface area contributed by atoms with Gasteiger partial charge in [0.15, 0.2) is 0 Å². The van der Waals surface area contributed by atoms with Crippen molar-refractivity contribution in [3.63, 3.8) is 0 Å². The minimum absolute atomic E-state index is 0.163. The van der Waals surface area contributed by atoms with Crippen molar-refractivity contribution >= 4 is 5.97 Å². The third kappa shape index (κ3) is 6.93. The topological polar surface area (TPSA) is 26.3 Å². The average molecular weight is 272 g/mol. The maximum absolute atomic E-state index is 11.7. The van der Waals surface area contributed by atoms with Crippen LogP contribution < -0.4 is 0 Å². The fourth-order valence-electron chi connectivity index (χ4n) is 1.63. The van der Waals surface area contributed by atoms with E-state index in [1.54, 1.807) is 0 Å². The first-order valence-electron chi connectivity index (χ1n) is 7.14. The van der Waals surface area contributed by atoms with Gasteiger partial charge in [-0.05, 0) is 25.8 Å². The lowest BCUT2D eigenvalue weighted by Gasteiger charge is -2.05. The van der Waals surface area contributed by atoms with Gasteiger partial charge in [0.05, 0.1) is 13.0 Å². The predicted molar refractivity (Wildman–Crippen MR) is 83.5 cm³/mol. The largest absolute Gasteiger partial charge is 0.465 e. The monoisotopic (exact) mass is 272 g/mol. The molecule has 0 radical (unpaired) electrons. The molecule has 0 fully saturated rings. The van der Waals surface area contributed by atoms with Gasteiger partial charge < -0.3 is 4.74 Å². The highest BCUT2D eigenvalue weighted by Gasteiger charge is 2.03. The van der Waals surface area contributed by atoms with Crippen molar-refractivity contribution in [2.24, 2.45) is 0 Å². The minimum atomic E-state index is -0.163. The average Bonchev–Trinajstić information content (AvgIpc) is 2.45. The Kier molecular flexibility index (Phi) is 7.41. The van der Waals surface area contributed by atoms with Crippen LogP contribution >= 0.6 is 0 Å². The van der Waals surface area contributed by atoms with Crippen molar-refractivity contribution in [1.29, 1.82) is 0 Å². The zero-order chi connectivity index (χ0) is 14.8. The van der Waals surface area contributed by atoms with E-state index in [2.05, 4.69) is 32.9 Å². The second-order valence-electron chi connectivity index (χ2n) is 5.01. The highest BCUT2D eigenvalue weighted by atomic mass is 16.5. The molecule has 0 saturated carbocycles.